The third-order valence-corrected chi connectivity index (χ3v) is 2.99. The van der Waals surface area contributed by atoms with Crippen LogP contribution < -0.4 is 0 Å². The number of esters is 1. The molecule has 0 bridgehead atoms. The van der Waals surface area contributed by atoms with Gasteiger partial charge in [0.15, 0.2) is 5.78 Å². The van der Waals surface area contributed by atoms with Crippen LogP contribution in [0.1, 0.15) is 25.0 Å². The molecule has 0 spiro atoms. The van der Waals surface area contributed by atoms with E-state index in [9.17, 15) is 9.59 Å². The van der Waals surface area contributed by atoms with Crippen molar-refractivity contribution >= 4 is 17.3 Å². The van der Waals surface area contributed by atoms with E-state index in [1.54, 1.807) is 13.0 Å². The Balaban J connectivity index is 2.17. The number of hydrogen-bond acceptors (Lipinski definition) is 4. The fraction of sp³-hybridized carbons (Fsp3) is 0.250. The number of cyclic esters (lactones) is 1. The maximum Gasteiger partial charge on any atom is 0.336 e. The normalized spacial score (nSPS) is 18.6. The molecule has 104 valence electrons. The Hall–Kier alpha value is -2.36. The van der Waals surface area contributed by atoms with E-state index in [0.29, 0.717) is 11.1 Å². The van der Waals surface area contributed by atoms with Crippen LogP contribution in [0.4, 0.5) is 0 Å². The maximum absolute atomic E-state index is 11.7. The van der Waals surface area contributed by atoms with Crippen molar-refractivity contribution in [2.24, 2.45) is 0 Å². The van der Waals surface area contributed by atoms with Gasteiger partial charge in [-0.25, -0.2) is 4.79 Å². The highest BCUT2D eigenvalue weighted by Gasteiger charge is 2.22. The smallest absolute Gasteiger partial charge is 0.336 e. The fourth-order valence-corrected chi connectivity index (χ4v) is 1.79. The van der Waals surface area contributed by atoms with Crippen molar-refractivity contribution in [1.82, 2.24) is 0 Å². The molecular weight excluding hydrogens is 256 g/mol. The van der Waals surface area contributed by atoms with Crippen molar-refractivity contribution in [1.29, 1.82) is 0 Å². The van der Waals surface area contributed by atoms with Gasteiger partial charge in [-0.15, -0.1) is 0 Å². The van der Waals surface area contributed by atoms with Gasteiger partial charge in [-0.3, -0.25) is 4.79 Å². The van der Waals surface area contributed by atoms with E-state index >= 15 is 0 Å². The van der Waals surface area contributed by atoms with Crippen molar-refractivity contribution < 1.29 is 19.1 Å². The van der Waals surface area contributed by atoms with Gasteiger partial charge >= 0.3 is 5.97 Å². The molecule has 20 heavy (non-hydrogen) atoms. The third kappa shape index (κ3) is 3.15. The van der Waals surface area contributed by atoms with Gasteiger partial charge in [-0.05, 0) is 26.3 Å². The molecule has 1 aliphatic rings. The number of aryl methyl sites for hydroxylation is 1. The summed E-state index contributed by atoms with van der Waals surface area (Å²) < 4.78 is 10.3. The summed E-state index contributed by atoms with van der Waals surface area (Å²) >= 11 is 0. The van der Waals surface area contributed by atoms with Gasteiger partial charge < -0.3 is 9.47 Å². The molecule has 1 aromatic rings. The van der Waals surface area contributed by atoms with E-state index in [1.165, 1.54) is 13.2 Å². The number of hydrogen-bond donors (Lipinski definition) is 0. The molecule has 0 aliphatic carbocycles. The zero-order valence-corrected chi connectivity index (χ0v) is 11.7. The van der Waals surface area contributed by atoms with Crippen LogP contribution in [0.5, 0.6) is 0 Å². The molecule has 1 unspecified atom stereocenters. The first-order valence-corrected chi connectivity index (χ1v) is 6.30. The van der Waals surface area contributed by atoms with Gasteiger partial charge in [0.1, 0.15) is 0 Å². The highest BCUT2D eigenvalue weighted by molar-refractivity contribution is 6.19. The SMILES string of the molecule is CC(=O)/C(=C/OC1C=C(C)C(=O)O1)c1ccc(C)cc1. The Morgan fingerprint density at radius 1 is 1.25 bits per heavy atom. The number of rotatable bonds is 4. The van der Waals surface area contributed by atoms with Crippen LogP contribution in [-0.4, -0.2) is 18.0 Å². The zero-order valence-electron chi connectivity index (χ0n) is 11.7. The summed E-state index contributed by atoms with van der Waals surface area (Å²) in [6.07, 6.45) is 2.16. The predicted molar refractivity (Wildman–Crippen MR) is 74.6 cm³/mol. The molecular formula is C16H16O4. The quantitative estimate of drug-likeness (QED) is 0.480. The summed E-state index contributed by atoms with van der Waals surface area (Å²) in [6, 6.07) is 7.55. The monoisotopic (exact) mass is 272 g/mol. The van der Waals surface area contributed by atoms with E-state index < -0.39 is 12.3 Å². The van der Waals surface area contributed by atoms with E-state index in [0.717, 1.165) is 11.1 Å². The van der Waals surface area contributed by atoms with Gasteiger partial charge in [0.05, 0.1) is 11.8 Å². The van der Waals surface area contributed by atoms with E-state index in [2.05, 4.69) is 0 Å². The van der Waals surface area contributed by atoms with Crippen molar-refractivity contribution in [2.75, 3.05) is 0 Å². The minimum atomic E-state index is -0.762. The third-order valence-electron chi connectivity index (χ3n) is 2.99. The molecule has 0 amide bonds. The molecule has 1 aromatic carbocycles. The lowest BCUT2D eigenvalue weighted by molar-refractivity contribution is -0.152. The minimum Gasteiger partial charge on any atom is -0.458 e. The Morgan fingerprint density at radius 2 is 1.90 bits per heavy atom. The number of benzene rings is 1. The molecule has 1 heterocycles. The number of Topliss-reactive ketones (excluding diaryl/α,β-unsaturated/α-hetero) is 1. The maximum atomic E-state index is 11.7. The number of carbonyl (C=O) groups excluding carboxylic acids is 2. The second-order valence-corrected chi connectivity index (χ2v) is 4.71. The first kappa shape index (κ1) is 14.1. The number of ether oxygens (including phenoxy) is 2. The van der Waals surface area contributed by atoms with E-state index in [1.807, 2.05) is 31.2 Å². The molecule has 0 N–H and O–H groups in total. The lowest BCUT2D eigenvalue weighted by atomic mass is 10.0. The van der Waals surface area contributed by atoms with Crippen LogP contribution in [0.25, 0.3) is 5.57 Å². The van der Waals surface area contributed by atoms with Gasteiger partial charge in [0.25, 0.3) is 6.29 Å². The first-order valence-electron chi connectivity index (χ1n) is 6.30. The highest BCUT2D eigenvalue weighted by Crippen LogP contribution is 2.19. The average Bonchev–Trinajstić information content (AvgIpc) is 2.71. The highest BCUT2D eigenvalue weighted by atomic mass is 16.7. The zero-order chi connectivity index (χ0) is 14.7. The second-order valence-electron chi connectivity index (χ2n) is 4.71. The van der Waals surface area contributed by atoms with Crippen LogP contribution in [0.2, 0.25) is 0 Å². The van der Waals surface area contributed by atoms with Crippen LogP contribution in [-0.2, 0) is 19.1 Å². The topological polar surface area (TPSA) is 52.6 Å². The number of carbonyl (C=O) groups is 2. The van der Waals surface area contributed by atoms with Crippen molar-refractivity contribution in [3.8, 4) is 0 Å². The van der Waals surface area contributed by atoms with Gasteiger partial charge in [0, 0.05) is 11.6 Å². The lowest BCUT2D eigenvalue weighted by Crippen LogP contribution is -2.10. The van der Waals surface area contributed by atoms with E-state index in [-0.39, 0.29) is 5.78 Å². The largest absolute Gasteiger partial charge is 0.458 e. The summed E-state index contributed by atoms with van der Waals surface area (Å²) in [7, 11) is 0. The van der Waals surface area contributed by atoms with Crippen LogP contribution >= 0.6 is 0 Å². The first-order chi connectivity index (χ1) is 9.47. The molecule has 0 radical (unpaired) electrons. The average molecular weight is 272 g/mol. The number of ketones is 1. The Bertz CT molecular complexity index is 593. The summed E-state index contributed by atoms with van der Waals surface area (Å²) in [4.78, 5) is 22.9. The van der Waals surface area contributed by atoms with Crippen molar-refractivity contribution in [3.05, 3.63) is 53.3 Å². The summed E-state index contributed by atoms with van der Waals surface area (Å²) in [5.74, 6) is -0.512. The molecule has 0 aromatic heterocycles. The van der Waals surface area contributed by atoms with Gasteiger partial charge in [-0.1, -0.05) is 29.8 Å². The summed E-state index contributed by atoms with van der Waals surface area (Å²) in [5.41, 5.74) is 2.83. The molecule has 4 nitrogen and oxygen atoms in total. The van der Waals surface area contributed by atoms with Crippen molar-refractivity contribution in [3.63, 3.8) is 0 Å². The molecule has 1 atom stereocenters. The Morgan fingerprint density at radius 3 is 2.40 bits per heavy atom. The molecule has 0 saturated heterocycles. The predicted octanol–water partition coefficient (Wildman–Crippen LogP) is 2.77. The van der Waals surface area contributed by atoms with Gasteiger partial charge in [0.2, 0.25) is 0 Å². The van der Waals surface area contributed by atoms with Crippen LogP contribution in [0.3, 0.4) is 0 Å². The van der Waals surface area contributed by atoms with Crippen molar-refractivity contribution in [2.45, 2.75) is 27.1 Å². The Kier molecular flexibility index (Phi) is 4.03. The molecule has 0 fully saturated rings. The molecule has 0 saturated carbocycles. The fourth-order valence-electron chi connectivity index (χ4n) is 1.79. The molecule has 4 heteroatoms. The summed E-state index contributed by atoms with van der Waals surface area (Å²) in [6.45, 7) is 5.10. The number of allylic oxidation sites excluding steroid dienone is 1. The molecule has 1 aliphatic heterocycles. The molecule has 2 rings (SSSR count). The van der Waals surface area contributed by atoms with Gasteiger partial charge in [-0.2, -0.15) is 0 Å². The summed E-state index contributed by atoms with van der Waals surface area (Å²) in [5, 5.41) is 0. The Labute approximate surface area is 117 Å². The second kappa shape index (κ2) is 5.74. The standard InChI is InChI=1S/C16H16O4/c1-10-4-6-13(7-5-10)14(12(3)17)9-19-15-8-11(2)16(18)20-15/h4-9,15H,1-3H3/b14-9-. The minimum absolute atomic E-state index is 0.112. The van der Waals surface area contributed by atoms with Crippen LogP contribution in [0, 0.1) is 6.92 Å². The van der Waals surface area contributed by atoms with Crippen LogP contribution in [0.15, 0.2) is 42.2 Å². The van der Waals surface area contributed by atoms with E-state index in [4.69, 9.17) is 9.47 Å². The lowest BCUT2D eigenvalue weighted by Gasteiger charge is -2.10.